The average Bonchev–Trinajstić information content (AvgIpc) is 2.89. The van der Waals surface area contributed by atoms with Crippen LogP contribution in [0, 0.1) is 0 Å². The Bertz CT molecular complexity index is 619. The van der Waals surface area contributed by atoms with E-state index in [0.717, 1.165) is 6.42 Å². The van der Waals surface area contributed by atoms with Crippen LogP contribution in [0.15, 0.2) is 24.3 Å². The van der Waals surface area contributed by atoms with Crippen LogP contribution in [0.5, 0.6) is 0 Å². The zero-order valence-electron chi connectivity index (χ0n) is 13.7. The van der Waals surface area contributed by atoms with Gasteiger partial charge in [0.25, 0.3) is 5.91 Å². The third-order valence-electron chi connectivity index (χ3n) is 3.32. The summed E-state index contributed by atoms with van der Waals surface area (Å²) in [7, 11) is 0. The molecule has 1 fully saturated rings. The quantitative estimate of drug-likeness (QED) is 0.860. The molecule has 1 aliphatic rings. The maximum absolute atomic E-state index is 12.1. The minimum Gasteiger partial charge on any atom is -0.452 e. The van der Waals surface area contributed by atoms with Gasteiger partial charge in [-0.15, -0.1) is 0 Å². The second-order valence-corrected chi connectivity index (χ2v) is 6.57. The molecule has 0 radical (unpaired) electrons. The molecule has 1 aliphatic heterocycles. The van der Waals surface area contributed by atoms with Crippen molar-refractivity contribution in [2.45, 2.75) is 39.2 Å². The van der Waals surface area contributed by atoms with Crippen LogP contribution in [-0.4, -0.2) is 36.5 Å². The molecule has 0 spiro atoms. The third-order valence-corrected chi connectivity index (χ3v) is 3.32. The number of amides is 2. The van der Waals surface area contributed by atoms with Crippen molar-refractivity contribution in [2.24, 2.45) is 0 Å². The highest BCUT2D eigenvalue weighted by atomic mass is 16.5. The summed E-state index contributed by atoms with van der Waals surface area (Å²) >= 11 is 0. The molecule has 0 bridgehead atoms. The van der Waals surface area contributed by atoms with Gasteiger partial charge in [0.05, 0.1) is 5.56 Å². The molecule has 124 valence electrons. The highest BCUT2D eigenvalue weighted by molar-refractivity contribution is 5.97. The third kappa shape index (κ3) is 4.81. The average molecular weight is 318 g/mol. The molecule has 0 saturated carbocycles. The van der Waals surface area contributed by atoms with Gasteiger partial charge in [0, 0.05) is 24.2 Å². The molecule has 0 atom stereocenters. The fourth-order valence-electron chi connectivity index (χ4n) is 2.39. The first-order valence-corrected chi connectivity index (χ1v) is 7.65. The zero-order chi connectivity index (χ0) is 17.0. The molecule has 23 heavy (non-hydrogen) atoms. The molecule has 1 N–H and O–H groups in total. The summed E-state index contributed by atoms with van der Waals surface area (Å²) in [6.07, 6.45) is 1.35. The van der Waals surface area contributed by atoms with Gasteiger partial charge in [0.1, 0.15) is 0 Å². The van der Waals surface area contributed by atoms with Crippen molar-refractivity contribution in [3.05, 3.63) is 29.8 Å². The van der Waals surface area contributed by atoms with Gasteiger partial charge in [0.15, 0.2) is 6.61 Å². The van der Waals surface area contributed by atoms with Crippen LogP contribution in [0.3, 0.4) is 0 Å². The Morgan fingerprint density at radius 1 is 1.30 bits per heavy atom. The molecule has 2 amide bonds. The molecule has 1 saturated heterocycles. The number of ether oxygens (including phenoxy) is 1. The molecule has 6 nitrogen and oxygen atoms in total. The Labute approximate surface area is 135 Å². The Balaban J connectivity index is 1.97. The van der Waals surface area contributed by atoms with Crippen molar-refractivity contribution in [2.75, 3.05) is 18.1 Å². The van der Waals surface area contributed by atoms with E-state index in [0.29, 0.717) is 24.2 Å². The maximum Gasteiger partial charge on any atom is 0.338 e. The highest BCUT2D eigenvalue weighted by Crippen LogP contribution is 2.22. The lowest BCUT2D eigenvalue weighted by atomic mass is 10.1. The molecule has 1 heterocycles. The van der Waals surface area contributed by atoms with Crippen molar-refractivity contribution in [3.8, 4) is 0 Å². The fraction of sp³-hybridized carbons (Fsp3) is 0.471. The number of esters is 1. The molecule has 2 rings (SSSR count). The lowest BCUT2D eigenvalue weighted by Crippen LogP contribution is -2.42. The molecule has 1 aromatic rings. The van der Waals surface area contributed by atoms with Crippen LogP contribution < -0.4 is 10.2 Å². The van der Waals surface area contributed by atoms with Gasteiger partial charge < -0.3 is 15.0 Å². The van der Waals surface area contributed by atoms with Crippen LogP contribution in [0.25, 0.3) is 0 Å². The number of hydrogen-bond acceptors (Lipinski definition) is 4. The van der Waals surface area contributed by atoms with Gasteiger partial charge in [-0.2, -0.15) is 0 Å². The number of carbonyl (C=O) groups excluding carboxylic acids is 3. The first-order valence-electron chi connectivity index (χ1n) is 7.65. The fourth-order valence-corrected chi connectivity index (χ4v) is 2.39. The Morgan fingerprint density at radius 3 is 2.65 bits per heavy atom. The summed E-state index contributed by atoms with van der Waals surface area (Å²) in [6.45, 7) is 5.88. The van der Waals surface area contributed by atoms with Gasteiger partial charge >= 0.3 is 5.97 Å². The topological polar surface area (TPSA) is 75.7 Å². The summed E-state index contributed by atoms with van der Waals surface area (Å²) in [6, 6.07) is 6.71. The monoisotopic (exact) mass is 318 g/mol. The number of carbonyl (C=O) groups is 3. The first-order chi connectivity index (χ1) is 10.8. The summed E-state index contributed by atoms with van der Waals surface area (Å²) in [5, 5.41) is 2.72. The largest absolute Gasteiger partial charge is 0.452 e. The van der Waals surface area contributed by atoms with E-state index in [1.54, 1.807) is 29.2 Å². The second-order valence-electron chi connectivity index (χ2n) is 6.57. The van der Waals surface area contributed by atoms with Crippen LogP contribution in [-0.2, 0) is 14.3 Å². The van der Waals surface area contributed by atoms with Crippen molar-refractivity contribution >= 4 is 23.5 Å². The minimum absolute atomic E-state index is 0.0556. The van der Waals surface area contributed by atoms with Gasteiger partial charge in [0.2, 0.25) is 5.91 Å². The van der Waals surface area contributed by atoms with Gasteiger partial charge in [-0.3, -0.25) is 9.59 Å². The number of hydrogen-bond donors (Lipinski definition) is 1. The molecule has 0 unspecified atom stereocenters. The molecule has 0 aromatic heterocycles. The van der Waals surface area contributed by atoms with Crippen molar-refractivity contribution in [1.29, 1.82) is 0 Å². The van der Waals surface area contributed by atoms with Gasteiger partial charge in [-0.1, -0.05) is 6.07 Å². The van der Waals surface area contributed by atoms with E-state index < -0.39 is 5.97 Å². The van der Waals surface area contributed by atoms with E-state index >= 15 is 0 Å². The van der Waals surface area contributed by atoms with E-state index in [2.05, 4.69) is 5.32 Å². The maximum atomic E-state index is 12.1. The van der Waals surface area contributed by atoms with Crippen molar-refractivity contribution < 1.29 is 19.1 Å². The number of anilines is 1. The predicted octanol–water partition coefficient (Wildman–Crippen LogP) is 1.88. The van der Waals surface area contributed by atoms with Crippen LogP contribution in [0.4, 0.5) is 5.69 Å². The predicted molar refractivity (Wildman–Crippen MR) is 86.2 cm³/mol. The smallest absolute Gasteiger partial charge is 0.338 e. The zero-order valence-corrected chi connectivity index (χ0v) is 13.7. The molecular weight excluding hydrogens is 296 g/mol. The van der Waals surface area contributed by atoms with Crippen LogP contribution in [0.1, 0.15) is 44.0 Å². The van der Waals surface area contributed by atoms with E-state index in [1.807, 2.05) is 20.8 Å². The summed E-state index contributed by atoms with van der Waals surface area (Å²) < 4.78 is 5.03. The van der Waals surface area contributed by atoms with E-state index in [4.69, 9.17) is 4.74 Å². The Kier molecular flexibility index (Phi) is 5.03. The molecule has 1 aromatic carbocycles. The number of nitrogens with zero attached hydrogens (tertiary/aromatic N) is 1. The minimum atomic E-state index is -0.581. The van der Waals surface area contributed by atoms with E-state index in [-0.39, 0.29) is 24.0 Å². The number of rotatable bonds is 4. The van der Waals surface area contributed by atoms with Crippen LogP contribution >= 0.6 is 0 Å². The van der Waals surface area contributed by atoms with E-state index in [9.17, 15) is 14.4 Å². The standard InChI is InChI=1S/C17H22N2O4/c1-17(2,3)18-14(20)11-23-16(22)12-6-4-7-13(10-12)19-9-5-8-15(19)21/h4,6-7,10H,5,8-9,11H2,1-3H3,(H,18,20). The molecule has 6 heteroatoms. The summed E-state index contributed by atoms with van der Waals surface area (Å²) in [5.41, 5.74) is 0.631. The lowest BCUT2D eigenvalue weighted by molar-refractivity contribution is -0.125. The van der Waals surface area contributed by atoms with Crippen molar-refractivity contribution in [3.63, 3.8) is 0 Å². The summed E-state index contributed by atoms with van der Waals surface area (Å²) in [4.78, 5) is 37.1. The second kappa shape index (κ2) is 6.81. The number of nitrogens with one attached hydrogen (secondary N) is 1. The highest BCUT2D eigenvalue weighted by Gasteiger charge is 2.22. The Hall–Kier alpha value is -2.37. The van der Waals surface area contributed by atoms with Crippen LogP contribution in [0.2, 0.25) is 0 Å². The lowest BCUT2D eigenvalue weighted by Gasteiger charge is -2.20. The molecular formula is C17H22N2O4. The van der Waals surface area contributed by atoms with E-state index in [1.165, 1.54) is 0 Å². The summed E-state index contributed by atoms with van der Waals surface area (Å²) in [5.74, 6) is -0.876. The first kappa shape index (κ1) is 17.0. The van der Waals surface area contributed by atoms with Crippen molar-refractivity contribution in [1.82, 2.24) is 5.32 Å². The normalized spacial score (nSPS) is 14.7. The van der Waals surface area contributed by atoms with Gasteiger partial charge in [-0.25, -0.2) is 4.79 Å². The molecule has 0 aliphatic carbocycles. The van der Waals surface area contributed by atoms with Gasteiger partial charge in [-0.05, 0) is 45.4 Å². The Morgan fingerprint density at radius 2 is 2.04 bits per heavy atom. The number of benzene rings is 1. The SMILES string of the molecule is CC(C)(C)NC(=O)COC(=O)c1cccc(N2CCCC2=O)c1.